The van der Waals surface area contributed by atoms with E-state index >= 15 is 0 Å². The Kier molecular flexibility index (Phi) is 6.54. The largest absolute Gasteiger partial charge is 0.496 e. The molecule has 1 aliphatic rings. The predicted molar refractivity (Wildman–Crippen MR) is 108 cm³/mol. The highest BCUT2D eigenvalue weighted by Crippen LogP contribution is 2.25. The van der Waals surface area contributed by atoms with Crippen molar-refractivity contribution < 1.29 is 22.3 Å². The fourth-order valence-corrected chi connectivity index (χ4v) is 5.10. The fourth-order valence-electron chi connectivity index (χ4n) is 3.47. The number of halogens is 1. The van der Waals surface area contributed by atoms with Crippen LogP contribution in [-0.4, -0.2) is 38.8 Å². The summed E-state index contributed by atoms with van der Waals surface area (Å²) in [6.07, 6.45) is 1.76. The van der Waals surface area contributed by atoms with Crippen LogP contribution in [0.15, 0.2) is 47.4 Å². The molecular weight excluding hydrogens is 395 g/mol. The van der Waals surface area contributed by atoms with E-state index in [1.54, 1.807) is 24.3 Å². The van der Waals surface area contributed by atoms with Gasteiger partial charge in [-0.3, -0.25) is 4.79 Å². The Morgan fingerprint density at radius 1 is 1.28 bits per heavy atom. The minimum atomic E-state index is -3.78. The van der Waals surface area contributed by atoms with Gasteiger partial charge in [-0.15, -0.1) is 0 Å². The Balaban J connectivity index is 1.80. The number of rotatable bonds is 6. The lowest BCUT2D eigenvalue weighted by Crippen LogP contribution is -2.39. The van der Waals surface area contributed by atoms with Crippen LogP contribution in [0.5, 0.6) is 5.75 Å². The lowest BCUT2D eigenvalue weighted by atomic mass is 10.0. The molecule has 0 radical (unpaired) electrons. The third-order valence-corrected chi connectivity index (χ3v) is 6.93. The average molecular weight is 421 g/mol. The molecule has 0 bridgehead atoms. The third kappa shape index (κ3) is 4.76. The molecule has 0 aliphatic carbocycles. The minimum Gasteiger partial charge on any atom is -0.496 e. The number of hydrogen-bond acceptors (Lipinski definition) is 4. The Morgan fingerprint density at radius 2 is 2.03 bits per heavy atom. The first-order valence-electron chi connectivity index (χ1n) is 9.52. The van der Waals surface area contributed by atoms with Gasteiger partial charge < -0.3 is 10.1 Å². The molecule has 6 nitrogen and oxygen atoms in total. The standard InChI is InChI=1S/C21H25FN2O4S/c1-15-6-5-11-24(14-15)29(26,27)17-9-10-19(22)18(12-17)21(25)23-13-16-7-3-4-8-20(16)28-2/h3-4,7-10,12,15H,5-6,11,13-14H2,1-2H3,(H,23,25)/t15-/m1/s1. The minimum absolute atomic E-state index is 0.0737. The summed E-state index contributed by atoms with van der Waals surface area (Å²) in [6, 6.07) is 10.5. The van der Waals surface area contributed by atoms with E-state index < -0.39 is 21.7 Å². The number of para-hydroxylation sites is 1. The third-order valence-electron chi connectivity index (χ3n) is 5.07. The van der Waals surface area contributed by atoms with Crippen molar-refractivity contribution in [3.63, 3.8) is 0 Å². The van der Waals surface area contributed by atoms with E-state index in [1.807, 2.05) is 6.92 Å². The Bertz CT molecular complexity index is 994. The molecule has 1 aliphatic heterocycles. The molecule has 2 aromatic carbocycles. The van der Waals surface area contributed by atoms with Crippen molar-refractivity contribution >= 4 is 15.9 Å². The van der Waals surface area contributed by atoms with Crippen molar-refractivity contribution in [2.24, 2.45) is 5.92 Å². The number of benzene rings is 2. The Morgan fingerprint density at radius 3 is 2.76 bits per heavy atom. The molecule has 0 saturated carbocycles. The summed E-state index contributed by atoms with van der Waals surface area (Å²) in [6.45, 7) is 2.99. The Labute approximate surface area is 170 Å². The van der Waals surface area contributed by atoms with Crippen LogP contribution in [0.1, 0.15) is 35.7 Å². The van der Waals surface area contributed by atoms with E-state index in [1.165, 1.54) is 17.5 Å². The zero-order valence-corrected chi connectivity index (χ0v) is 17.3. The second kappa shape index (κ2) is 8.92. The zero-order valence-electron chi connectivity index (χ0n) is 16.5. The van der Waals surface area contributed by atoms with Crippen molar-refractivity contribution in [3.05, 3.63) is 59.4 Å². The molecule has 1 saturated heterocycles. The number of nitrogens with zero attached hydrogens (tertiary/aromatic N) is 1. The highest BCUT2D eigenvalue weighted by Gasteiger charge is 2.29. The van der Waals surface area contributed by atoms with Gasteiger partial charge in [-0.25, -0.2) is 12.8 Å². The first-order valence-corrected chi connectivity index (χ1v) is 11.0. The van der Waals surface area contributed by atoms with Crippen LogP contribution in [0.2, 0.25) is 0 Å². The summed E-state index contributed by atoms with van der Waals surface area (Å²) >= 11 is 0. The number of methoxy groups -OCH3 is 1. The van der Waals surface area contributed by atoms with Crippen LogP contribution in [0.25, 0.3) is 0 Å². The normalized spacial score (nSPS) is 17.7. The number of piperidine rings is 1. The van der Waals surface area contributed by atoms with E-state index in [9.17, 15) is 17.6 Å². The summed E-state index contributed by atoms with van der Waals surface area (Å²) in [5.74, 6) is -0.586. The molecule has 8 heteroatoms. The second-order valence-corrected chi connectivity index (χ2v) is 9.18. The van der Waals surface area contributed by atoms with Gasteiger partial charge in [0.25, 0.3) is 5.91 Å². The number of carbonyl (C=O) groups is 1. The quantitative estimate of drug-likeness (QED) is 0.779. The van der Waals surface area contributed by atoms with Crippen LogP contribution in [0.3, 0.4) is 0 Å². The van der Waals surface area contributed by atoms with Crippen molar-refractivity contribution in [1.82, 2.24) is 9.62 Å². The van der Waals surface area contributed by atoms with Crippen molar-refractivity contribution in [3.8, 4) is 5.75 Å². The van der Waals surface area contributed by atoms with Crippen LogP contribution in [0.4, 0.5) is 4.39 Å². The molecule has 1 heterocycles. The van der Waals surface area contributed by atoms with E-state index in [4.69, 9.17) is 4.74 Å². The molecule has 1 amide bonds. The SMILES string of the molecule is COc1ccccc1CNC(=O)c1cc(S(=O)(=O)N2CCC[C@@H](C)C2)ccc1F. The maximum atomic E-state index is 14.3. The summed E-state index contributed by atoms with van der Waals surface area (Å²) in [4.78, 5) is 12.5. The summed E-state index contributed by atoms with van der Waals surface area (Å²) in [7, 11) is -2.25. The number of hydrogen-bond donors (Lipinski definition) is 1. The van der Waals surface area contributed by atoms with Gasteiger partial charge in [0.15, 0.2) is 0 Å². The first kappa shape index (κ1) is 21.3. The van der Waals surface area contributed by atoms with Crippen LogP contribution >= 0.6 is 0 Å². The van der Waals surface area contributed by atoms with Crippen molar-refractivity contribution in [2.45, 2.75) is 31.2 Å². The average Bonchev–Trinajstić information content (AvgIpc) is 2.72. The molecule has 0 aromatic heterocycles. The second-order valence-electron chi connectivity index (χ2n) is 7.25. The number of amides is 1. The summed E-state index contributed by atoms with van der Waals surface area (Å²) in [5, 5.41) is 2.63. The predicted octanol–water partition coefficient (Wildman–Crippen LogP) is 3.18. The molecule has 1 N–H and O–H groups in total. The van der Waals surface area contributed by atoms with Gasteiger partial charge in [0.1, 0.15) is 11.6 Å². The molecule has 0 spiro atoms. The van der Waals surface area contributed by atoms with E-state index in [0.29, 0.717) is 18.8 Å². The van der Waals surface area contributed by atoms with Gasteiger partial charge in [0.05, 0.1) is 17.6 Å². The first-order chi connectivity index (χ1) is 13.8. The molecule has 0 unspecified atom stereocenters. The molecule has 1 fully saturated rings. The summed E-state index contributed by atoms with van der Waals surface area (Å²) in [5.41, 5.74) is 0.431. The van der Waals surface area contributed by atoms with Crippen molar-refractivity contribution in [1.29, 1.82) is 0 Å². The molecule has 1 atom stereocenters. The van der Waals surface area contributed by atoms with Crippen molar-refractivity contribution in [2.75, 3.05) is 20.2 Å². The van der Waals surface area contributed by atoms with Gasteiger partial charge in [0, 0.05) is 25.2 Å². The number of nitrogens with one attached hydrogen (secondary N) is 1. The number of ether oxygens (including phenoxy) is 1. The highest BCUT2D eigenvalue weighted by molar-refractivity contribution is 7.89. The monoisotopic (exact) mass is 420 g/mol. The van der Waals surface area contributed by atoms with E-state index in [2.05, 4.69) is 5.32 Å². The maximum Gasteiger partial charge on any atom is 0.254 e. The highest BCUT2D eigenvalue weighted by atomic mass is 32.2. The zero-order chi connectivity index (χ0) is 21.0. The van der Waals surface area contributed by atoms with E-state index in [0.717, 1.165) is 30.5 Å². The smallest absolute Gasteiger partial charge is 0.254 e. The number of sulfonamides is 1. The van der Waals surface area contributed by atoms with Gasteiger partial charge in [-0.2, -0.15) is 4.31 Å². The van der Waals surface area contributed by atoms with Crippen LogP contribution in [-0.2, 0) is 16.6 Å². The molecule has 3 rings (SSSR count). The lowest BCUT2D eigenvalue weighted by Gasteiger charge is -2.30. The van der Waals surface area contributed by atoms with Gasteiger partial charge in [0.2, 0.25) is 10.0 Å². The molecule has 156 valence electrons. The van der Waals surface area contributed by atoms with Gasteiger partial charge >= 0.3 is 0 Å². The molecule has 29 heavy (non-hydrogen) atoms. The topological polar surface area (TPSA) is 75.7 Å². The van der Waals surface area contributed by atoms with Gasteiger partial charge in [-0.05, 0) is 43.0 Å². The number of carbonyl (C=O) groups excluding carboxylic acids is 1. The fraction of sp³-hybridized carbons (Fsp3) is 0.381. The summed E-state index contributed by atoms with van der Waals surface area (Å²) < 4.78 is 46.8. The van der Waals surface area contributed by atoms with Crippen LogP contribution in [0, 0.1) is 11.7 Å². The van der Waals surface area contributed by atoms with Crippen LogP contribution < -0.4 is 10.1 Å². The van der Waals surface area contributed by atoms with Gasteiger partial charge in [-0.1, -0.05) is 25.1 Å². The Hall–Kier alpha value is -2.45. The van der Waals surface area contributed by atoms with E-state index in [-0.39, 0.29) is 22.9 Å². The molecular formula is C21H25FN2O4S. The molecule has 2 aromatic rings. The maximum absolute atomic E-state index is 14.3. The lowest BCUT2D eigenvalue weighted by molar-refractivity contribution is 0.0946.